The highest BCUT2D eigenvalue weighted by atomic mass is 35.5. The summed E-state index contributed by atoms with van der Waals surface area (Å²) >= 11 is 5.96. The maximum atomic E-state index is 13.5. The minimum absolute atomic E-state index is 0.0145. The van der Waals surface area contributed by atoms with Gasteiger partial charge in [-0.2, -0.15) is 5.10 Å². The zero-order chi connectivity index (χ0) is 27.6. The summed E-state index contributed by atoms with van der Waals surface area (Å²) in [5.41, 5.74) is 8.98. The van der Waals surface area contributed by atoms with E-state index < -0.39 is 0 Å². The molecule has 1 atom stereocenters. The average Bonchev–Trinajstić information content (AvgIpc) is 3.38. The van der Waals surface area contributed by atoms with Gasteiger partial charge in [0.15, 0.2) is 5.82 Å². The Bertz CT molecular complexity index is 1710. The molecule has 1 unspecified atom stereocenters. The second kappa shape index (κ2) is 10.7. The first kappa shape index (κ1) is 25.3. The SMILES string of the molecule is Nc1nccn2c(C3CCCCN3C(=O)c3ccnc(Cl)n3)nc(-c3ccc(C(=O)Nc4cccnn4)cc3)c12. The molecular weight excluding hydrogens is 532 g/mol. The van der Waals surface area contributed by atoms with E-state index in [2.05, 4.69) is 30.5 Å². The van der Waals surface area contributed by atoms with Gasteiger partial charge < -0.3 is 16.0 Å². The van der Waals surface area contributed by atoms with Crippen LogP contribution >= 0.6 is 11.6 Å². The lowest BCUT2D eigenvalue weighted by atomic mass is 10.0. The van der Waals surface area contributed by atoms with Crippen LogP contribution < -0.4 is 11.1 Å². The topological polar surface area (TPSA) is 157 Å². The van der Waals surface area contributed by atoms with Gasteiger partial charge in [-0.15, -0.1) is 5.10 Å². The molecule has 3 N–H and O–H groups in total. The van der Waals surface area contributed by atoms with Crippen molar-refractivity contribution in [2.45, 2.75) is 25.3 Å². The zero-order valence-electron chi connectivity index (χ0n) is 21.1. The van der Waals surface area contributed by atoms with E-state index in [1.807, 2.05) is 4.40 Å². The number of likely N-dealkylation sites (tertiary alicyclic amines) is 1. The van der Waals surface area contributed by atoms with Crippen LogP contribution in [-0.4, -0.2) is 57.8 Å². The molecule has 1 aromatic carbocycles. The molecule has 13 heteroatoms. The number of nitrogens with two attached hydrogens (primary N) is 1. The highest BCUT2D eigenvalue weighted by molar-refractivity contribution is 6.28. The number of rotatable bonds is 5. The Morgan fingerprint density at radius 1 is 1.00 bits per heavy atom. The van der Waals surface area contributed by atoms with Crippen LogP contribution in [0.2, 0.25) is 5.28 Å². The van der Waals surface area contributed by atoms with E-state index >= 15 is 0 Å². The third-order valence-electron chi connectivity index (χ3n) is 6.75. The highest BCUT2D eigenvalue weighted by Crippen LogP contribution is 2.36. The van der Waals surface area contributed by atoms with Crippen molar-refractivity contribution < 1.29 is 9.59 Å². The highest BCUT2D eigenvalue weighted by Gasteiger charge is 2.33. The Morgan fingerprint density at radius 3 is 2.62 bits per heavy atom. The molecule has 1 aliphatic heterocycles. The number of carbonyl (C=O) groups excluding carboxylic acids is 2. The Hall–Kier alpha value is -4.97. The fraction of sp³-hybridized carbons (Fsp3) is 0.185. The summed E-state index contributed by atoms with van der Waals surface area (Å²) in [6.07, 6.45) is 8.90. The molecule has 0 saturated carbocycles. The summed E-state index contributed by atoms with van der Waals surface area (Å²) in [5.74, 6) is 0.766. The Kier molecular flexibility index (Phi) is 6.74. The Labute approximate surface area is 233 Å². The van der Waals surface area contributed by atoms with Gasteiger partial charge in [0.2, 0.25) is 5.28 Å². The number of nitrogens with zero attached hydrogens (tertiary/aromatic N) is 8. The molecule has 5 heterocycles. The minimum Gasteiger partial charge on any atom is -0.382 e. The van der Waals surface area contributed by atoms with Crippen LogP contribution in [0.25, 0.3) is 16.8 Å². The van der Waals surface area contributed by atoms with Crippen molar-refractivity contribution >= 4 is 40.6 Å². The average molecular weight is 555 g/mol. The third kappa shape index (κ3) is 4.80. The number of anilines is 2. The van der Waals surface area contributed by atoms with Crippen LogP contribution in [0.5, 0.6) is 0 Å². The van der Waals surface area contributed by atoms with Gasteiger partial charge in [-0.05, 0) is 61.2 Å². The van der Waals surface area contributed by atoms with Gasteiger partial charge in [-0.3, -0.25) is 14.0 Å². The second-order valence-electron chi connectivity index (χ2n) is 9.21. The lowest BCUT2D eigenvalue weighted by Gasteiger charge is -2.34. The number of piperidine rings is 1. The van der Waals surface area contributed by atoms with E-state index in [0.717, 1.165) is 18.4 Å². The number of halogens is 1. The van der Waals surface area contributed by atoms with Gasteiger partial charge in [0, 0.05) is 42.5 Å². The van der Waals surface area contributed by atoms with Crippen LogP contribution in [0.3, 0.4) is 0 Å². The van der Waals surface area contributed by atoms with E-state index in [1.165, 1.54) is 12.4 Å². The van der Waals surface area contributed by atoms with Crippen molar-refractivity contribution in [3.8, 4) is 11.3 Å². The van der Waals surface area contributed by atoms with Crippen molar-refractivity contribution in [3.63, 3.8) is 0 Å². The summed E-state index contributed by atoms with van der Waals surface area (Å²) in [4.78, 5) is 45.3. The monoisotopic (exact) mass is 554 g/mol. The molecule has 0 bridgehead atoms. The van der Waals surface area contributed by atoms with E-state index in [4.69, 9.17) is 22.3 Å². The lowest BCUT2D eigenvalue weighted by Crippen LogP contribution is -2.39. The first-order valence-electron chi connectivity index (χ1n) is 12.6. The molecule has 6 rings (SSSR count). The van der Waals surface area contributed by atoms with Crippen LogP contribution in [0.1, 0.15) is 52.0 Å². The van der Waals surface area contributed by atoms with Crippen molar-refractivity contribution in [2.24, 2.45) is 0 Å². The molecule has 4 aromatic heterocycles. The summed E-state index contributed by atoms with van der Waals surface area (Å²) in [7, 11) is 0. The number of hydrogen-bond donors (Lipinski definition) is 2. The number of aromatic nitrogens is 7. The van der Waals surface area contributed by atoms with Gasteiger partial charge in [0.25, 0.3) is 11.8 Å². The molecule has 0 aliphatic carbocycles. The standard InChI is InChI=1S/C27H23ClN10O2/c28-27-31-12-10-18(33-27)26(40)37-14-2-1-4-19(37)24-35-21(22-23(29)30-13-15-38(22)24)16-6-8-17(9-7-16)25(39)34-20-5-3-11-32-36-20/h3,5-13,15,19H,1-2,4,14H2,(H2,29,30)(H,34,36,39). The van der Waals surface area contributed by atoms with Crippen LogP contribution in [0.15, 0.2) is 67.3 Å². The van der Waals surface area contributed by atoms with E-state index in [0.29, 0.717) is 47.2 Å². The summed E-state index contributed by atoms with van der Waals surface area (Å²) < 4.78 is 1.88. The van der Waals surface area contributed by atoms with E-state index in [9.17, 15) is 9.59 Å². The second-order valence-corrected chi connectivity index (χ2v) is 9.55. The lowest BCUT2D eigenvalue weighted by molar-refractivity contribution is 0.0593. The van der Waals surface area contributed by atoms with Gasteiger partial charge in [0.05, 0.1) is 6.04 Å². The summed E-state index contributed by atoms with van der Waals surface area (Å²) in [6.45, 7) is 0.547. The molecule has 1 aliphatic rings. The minimum atomic E-state index is -0.324. The number of nitrogens with one attached hydrogen (secondary N) is 1. The molecule has 1 fully saturated rings. The zero-order valence-corrected chi connectivity index (χ0v) is 21.9. The maximum absolute atomic E-state index is 13.5. The quantitative estimate of drug-likeness (QED) is 0.308. The Morgan fingerprint density at radius 2 is 1.85 bits per heavy atom. The number of amides is 2. The largest absolute Gasteiger partial charge is 0.382 e. The van der Waals surface area contributed by atoms with E-state index in [1.54, 1.807) is 59.8 Å². The first-order chi connectivity index (χ1) is 19.5. The van der Waals surface area contributed by atoms with Crippen LogP contribution in [0, 0.1) is 0 Å². The van der Waals surface area contributed by atoms with E-state index in [-0.39, 0.29) is 28.8 Å². The number of benzene rings is 1. The smallest absolute Gasteiger partial charge is 0.273 e. The van der Waals surface area contributed by atoms with Crippen LogP contribution in [0.4, 0.5) is 11.6 Å². The maximum Gasteiger partial charge on any atom is 0.273 e. The first-order valence-corrected chi connectivity index (χ1v) is 13.0. The van der Waals surface area contributed by atoms with Gasteiger partial charge in [0.1, 0.15) is 28.5 Å². The molecule has 40 heavy (non-hydrogen) atoms. The van der Waals surface area contributed by atoms with Crippen molar-refractivity contribution in [1.29, 1.82) is 0 Å². The number of carbonyl (C=O) groups is 2. The third-order valence-corrected chi connectivity index (χ3v) is 6.93. The number of nitrogen functional groups attached to an aromatic ring is 1. The van der Waals surface area contributed by atoms with Crippen molar-refractivity contribution in [2.75, 3.05) is 17.6 Å². The Balaban J connectivity index is 1.36. The summed E-state index contributed by atoms with van der Waals surface area (Å²) in [6, 6.07) is 11.6. The molecule has 5 aromatic rings. The molecular formula is C27H23ClN10O2. The molecule has 0 spiro atoms. The molecule has 1 saturated heterocycles. The normalized spacial score (nSPS) is 15.2. The van der Waals surface area contributed by atoms with Crippen molar-refractivity contribution in [3.05, 3.63) is 89.6 Å². The predicted molar refractivity (Wildman–Crippen MR) is 147 cm³/mol. The predicted octanol–water partition coefficient (Wildman–Crippen LogP) is 3.83. The molecule has 12 nitrogen and oxygen atoms in total. The van der Waals surface area contributed by atoms with Gasteiger partial charge in [-0.25, -0.2) is 19.9 Å². The molecule has 0 radical (unpaired) electrons. The number of imidazole rings is 1. The van der Waals surface area contributed by atoms with Crippen LogP contribution in [-0.2, 0) is 0 Å². The van der Waals surface area contributed by atoms with Gasteiger partial charge in [-0.1, -0.05) is 12.1 Å². The summed E-state index contributed by atoms with van der Waals surface area (Å²) in [5, 5.41) is 10.4. The fourth-order valence-electron chi connectivity index (χ4n) is 4.90. The van der Waals surface area contributed by atoms with Gasteiger partial charge >= 0.3 is 0 Å². The number of fused-ring (bicyclic) bond motifs is 1. The molecule has 2 amide bonds. The molecule has 200 valence electrons. The fourth-order valence-corrected chi connectivity index (χ4v) is 5.05. The number of hydrogen-bond acceptors (Lipinski definition) is 9. The van der Waals surface area contributed by atoms with Crippen molar-refractivity contribution in [1.82, 2.24) is 39.4 Å².